The van der Waals surface area contributed by atoms with E-state index in [4.69, 9.17) is 9.47 Å². The fourth-order valence-electron chi connectivity index (χ4n) is 3.96. The van der Waals surface area contributed by atoms with Crippen molar-refractivity contribution in [3.8, 4) is 22.6 Å². The molecule has 0 unspecified atom stereocenters. The van der Waals surface area contributed by atoms with Crippen molar-refractivity contribution in [1.29, 1.82) is 0 Å². The first-order chi connectivity index (χ1) is 15.9. The second-order valence-electron chi connectivity index (χ2n) is 7.91. The van der Waals surface area contributed by atoms with Crippen molar-refractivity contribution in [2.75, 3.05) is 31.2 Å². The molecule has 0 radical (unpaired) electrons. The number of halogens is 3. The Morgan fingerprint density at radius 1 is 0.970 bits per heavy atom. The van der Waals surface area contributed by atoms with Crippen LogP contribution in [0.25, 0.3) is 11.1 Å². The van der Waals surface area contributed by atoms with Crippen molar-refractivity contribution in [2.24, 2.45) is 0 Å². The van der Waals surface area contributed by atoms with Gasteiger partial charge in [-0.1, -0.05) is 17.8 Å². The Hall–Kier alpha value is -2.91. The third-order valence-corrected chi connectivity index (χ3v) is 6.66. The standard InChI is InChI=1S/C24H21F3N2O3S/c25-24(26,27)19-11-15(16-5-7-28-23(12-16)29-8-6-17(30)14-29)1-4-22(19)33-18-2-3-20-21(13-18)32-10-9-31-20/h1-5,7,11-13,17,30H,6,8-10,14H2/t17-/m1/s1. The molecule has 0 amide bonds. The number of aromatic nitrogens is 1. The Bertz CT molecular complexity index is 1170. The monoisotopic (exact) mass is 474 g/mol. The Labute approximate surface area is 193 Å². The highest BCUT2D eigenvalue weighted by molar-refractivity contribution is 7.99. The molecule has 2 aliphatic heterocycles. The van der Waals surface area contributed by atoms with Gasteiger partial charge in [0.25, 0.3) is 0 Å². The van der Waals surface area contributed by atoms with Gasteiger partial charge in [-0.15, -0.1) is 0 Å². The number of ether oxygens (including phenoxy) is 2. The van der Waals surface area contributed by atoms with E-state index in [9.17, 15) is 18.3 Å². The lowest BCUT2D eigenvalue weighted by molar-refractivity contribution is -0.139. The van der Waals surface area contributed by atoms with E-state index in [0.717, 1.165) is 11.8 Å². The zero-order valence-corrected chi connectivity index (χ0v) is 18.3. The summed E-state index contributed by atoms with van der Waals surface area (Å²) in [5, 5.41) is 9.78. The van der Waals surface area contributed by atoms with Gasteiger partial charge < -0.3 is 19.5 Å². The van der Waals surface area contributed by atoms with E-state index in [-0.39, 0.29) is 4.90 Å². The van der Waals surface area contributed by atoms with E-state index in [1.54, 1.807) is 42.6 Å². The molecule has 2 aliphatic rings. The fraction of sp³-hybridized carbons (Fsp3) is 0.292. The van der Waals surface area contributed by atoms with Crippen LogP contribution in [0.3, 0.4) is 0 Å². The number of aliphatic hydroxyl groups is 1. The number of benzene rings is 2. The number of nitrogens with zero attached hydrogens (tertiary/aromatic N) is 2. The van der Waals surface area contributed by atoms with Crippen molar-refractivity contribution in [2.45, 2.75) is 28.5 Å². The first-order valence-corrected chi connectivity index (χ1v) is 11.4. The van der Waals surface area contributed by atoms with Crippen molar-refractivity contribution >= 4 is 17.6 Å². The van der Waals surface area contributed by atoms with Gasteiger partial charge in [0.15, 0.2) is 11.5 Å². The highest BCUT2D eigenvalue weighted by Crippen LogP contribution is 2.43. The maximum Gasteiger partial charge on any atom is 0.417 e. The van der Waals surface area contributed by atoms with Crippen LogP contribution in [0.2, 0.25) is 0 Å². The van der Waals surface area contributed by atoms with Gasteiger partial charge in [0.05, 0.1) is 11.7 Å². The molecule has 5 nitrogen and oxygen atoms in total. The number of hydrogen-bond acceptors (Lipinski definition) is 6. The Morgan fingerprint density at radius 3 is 2.52 bits per heavy atom. The second-order valence-corrected chi connectivity index (χ2v) is 9.02. The van der Waals surface area contributed by atoms with E-state index in [1.165, 1.54) is 12.1 Å². The summed E-state index contributed by atoms with van der Waals surface area (Å²) >= 11 is 1.04. The molecular weight excluding hydrogens is 453 g/mol. The van der Waals surface area contributed by atoms with Gasteiger partial charge in [-0.05, 0) is 60.0 Å². The Kier molecular flexibility index (Phi) is 5.84. The third kappa shape index (κ3) is 4.74. The Balaban J connectivity index is 1.46. The zero-order chi connectivity index (χ0) is 23.0. The van der Waals surface area contributed by atoms with Crippen LogP contribution in [0.15, 0.2) is 64.5 Å². The van der Waals surface area contributed by atoms with Gasteiger partial charge in [0.1, 0.15) is 19.0 Å². The zero-order valence-electron chi connectivity index (χ0n) is 17.5. The smallest absolute Gasteiger partial charge is 0.417 e. The SMILES string of the molecule is O[C@@H]1CCN(c2cc(-c3ccc(Sc4ccc5c(c4)OCCO5)c(C(F)(F)F)c3)ccn2)C1. The van der Waals surface area contributed by atoms with E-state index in [1.807, 2.05) is 4.90 Å². The maximum atomic E-state index is 14.0. The molecule has 33 heavy (non-hydrogen) atoms. The van der Waals surface area contributed by atoms with Crippen molar-refractivity contribution in [3.63, 3.8) is 0 Å². The molecule has 0 saturated carbocycles. The molecule has 1 aromatic heterocycles. The summed E-state index contributed by atoms with van der Waals surface area (Å²) in [6, 6.07) is 13.0. The maximum absolute atomic E-state index is 14.0. The van der Waals surface area contributed by atoms with Crippen LogP contribution < -0.4 is 14.4 Å². The molecule has 1 fully saturated rings. The molecule has 5 rings (SSSR count). The van der Waals surface area contributed by atoms with Crippen LogP contribution in [-0.4, -0.2) is 42.5 Å². The van der Waals surface area contributed by atoms with Crippen LogP contribution in [0, 0.1) is 0 Å². The largest absolute Gasteiger partial charge is 0.486 e. The van der Waals surface area contributed by atoms with Crippen LogP contribution >= 0.6 is 11.8 Å². The normalized spacial score (nSPS) is 17.9. The molecule has 1 N–H and O–H groups in total. The first-order valence-electron chi connectivity index (χ1n) is 10.5. The van der Waals surface area contributed by atoms with E-state index in [2.05, 4.69) is 4.98 Å². The second kappa shape index (κ2) is 8.79. The number of alkyl halides is 3. The summed E-state index contributed by atoms with van der Waals surface area (Å²) in [5.74, 6) is 1.77. The number of hydrogen-bond donors (Lipinski definition) is 1. The number of anilines is 1. The summed E-state index contributed by atoms with van der Waals surface area (Å²) in [4.78, 5) is 7.01. The van der Waals surface area contributed by atoms with Crippen LogP contribution in [0.4, 0.5) is 19.0 Å². The molecule has 3 aromatic rings. The van der Waals surface area contributed by atoms with Gasteiger partial charge in [-0.2, -0.15) is 13.2 Å². The number of β-amino-alcohol motifs (C(OH)–C–C–N with tert-alkyl or cyclic N) is 1. The van der Waals surface area contributed by atoms with Crippen LogP contribution in [0.1, 0.15) is 12.0 Å². The highest BCUT2D eigenvalue weighted by Gasteiger charge is 2.34. The molecule has 0 bridgehead atoms. The molecule has 2 aromatic carbocycles. The van der Waals surface area contributed by atoms with Crippen LogP contribution in [0.5, 0.6) is 11.5 Å². The molecule has 0 spiro atoms. The predicted molar refractivity (Wildman–Crippen MR) is 119 cm³/mol. The topological polar surface area (TPSA) is 54.8 Å². The quantitative estimate of drug-likeness (QED) is 0.557. The molecule has 1 saturated heterocycles. The van der Waals surface area contributed by atoms with Gasteiger partial charge in [-0.25, -0.2) is 4.98 Å². The lowest BCUT2D eigenvalue weighted by atomic mass is 10.0. The minimum Gasteiger partial charge on any atom is -0.486 e. The molecule has 9 heteroatoms. The van der Waals surface area contributed by atoms with E-state index >= 15 is 0 Å². The molecule has 3 heterocycles. The predicted octanol–water partition coefficient (Wildman–Crippen LogP) is 5.26. The van der Waals surface area contributed by atoms with E-state index < -0.39 is 17.8 Å². The minimum atomic E-state index is -4.51. The molecular formula is C24H21F3N2O3S. The first kappa shape index (κ1) is 21.9. The molecule has 0 aliphatic carbocycles. The van der Waals surface area contributed by atoms with E-state index in [0.29, 0.717) is 66.1 Å². The average Bonchev–Trinajstić information content (AvgIpc) is 3.25. The summed E-state index contributed by atoms with van der Waals surface area (Å²) in [6.45, 7) is 1.99. The average molecular weight is 475 g/mol. The lowest BCUT2D eigenvalue weighted by Crippen LogP contribution is -2.22. The number of rotatable bonds is 4. The summed E-state index contributed by atoms with van der Waals surface area (Å²) in [5.41, 5.74) is 0.398. The Morgan fingerprint density at radius 2 is 1.76 bits per heavy atom. The molecule has 172 valence electrons. The van der Waals surface area contributed by atoms with Gasteiger partial charge >= 0.3 is 6.18 Å². The lowest BCUT2D eigenvalue weighted by Gasteiger charge is -2.19. The molecule has 1 atom stereocenters. The fourth-order valence-corrected chi connectivity index (χ4v) is 4.93. The van der Waals surface area contributed by atoms with Crippen molar-refractivity contribution in [3.05, 3.63) is 60.3 Å². The summed E-state index contributed by atoms with van der Waals surface area (Å²) < 4.78 is 53.0. The summed E-state index contributed by atoms with van der Waals surface area (Å²) in [7, 11) is 0. The van der Waals surface area contributed by atoms with Crippen molar-refractivity contribution in [1.82, 2.24) is 4.98 Å². The number of pyridine rings is 1. The third-order valence-electron chi connectivity index (χ3n) is 5.59. The summed E-state index contributed by atoms with van der Waals surface area (Å²) in [6.07, 6.45) is -2.69. The number of aliphatic hydroxyl groups excluding tert-OH is 1. The van der Waals surface area contributed by atoms with Gasteiger partial charge in [0.2, 0.25) is 0 Å². The highest BCUT2D eigenvalue weighted by atomic mass is 32.2. The van der Waals surface area contributed by atoms with Gasteiger partial charge in [-0.3, -0.25) is 0 Å². The number of fused-ring (bicyclic) bond motifs is 1. The minimum absolute atomic E-state index is 0.111. The van der Waals surface area contributed by atoms with Gasteiger partial charge in [0, 0.05) is 29.1 Å². The van der Waals surface area contributed by atoms with Crippen molar-refractivity contribution < 1.29 is 27.8 Å². The van der Waals surface area contributed by atoms with Crippen LogP contribution in [-0.2, 0) is 6.18 Å².